The van der Waals surface area contributed by atoms with Crippen molar-refractivity contribution in [1.29, 1.82) is 0 Å². The lowest BCUT2D eigenvalue weighted by Crippen LogP contribution is -1.91. The van der Waals surface area contributed by atoms with Gasteiger partial charge in [0.15, 0.2) is 0 Å². The Bertz CT molecular complexity index is 3330. The zero-order valence-corrected chi connectivity index (χ0v) is 23.3. The molecule has 0 saturated heterocycles. The summed E-state index contributed by atoms with van der Waals surface area (Å²) in [4.78, 5) is 0. The minimum absolute atomic E-state index is 0.0375. The molecule has 0 radical (unpaired) electrons. The van der Waals surface area contributed by atoms with E-state index in [4.69, 9.17) is 19.5 Å². The molecule has 0 aliphatic rings. The standard InChI is InChI=1S/C44H28O/c1-2-11-29(12-3-1)32-13-10-14-34(27-32)44-38-18-6-4-16-36(38)43(37-17-5-7-19-39(37)44)31-23-21-30(22-24-31)33-25-26-42-40(28-33)35-15-8-9-20-41(35)45-42/h1-28H/i1D,2D,3D,8D,9D,11D,12D,15D,20D,21D,22D,23D,24D,25D,26D,28D. The fourth-order valence-corrected chi connectivity index (χ4v) is 5.92. The number of para-hydroxylation sites is 1. The van der Waals surface area contributed by atoms with Crippen LogP contribution in [-0.2, 0) is 0 Å². The number of fused-ring (bicyclic) bond motifs is 5. The predicted octanol–water partition coefficient (Wildman–Crippen LogP) is 12.6. The third kappa shape index (κ3) is 4.24. The first kappa shape index (κ1) is 14.2. The molecule has 0 atom stereocenters. The molecule has 1 aromatic heterocycles. The van der Waals surface area contributed by atoms with Gasteiger partial charge in [0.25, 0.3) is 0 Å². The van der Waals surface area contributed by atoms with Crippen LogP contribution in [-0.4, -0.2) is 0 Å². The van der Waals surface area contributed by atoms with Crippen LogP contribution < -0.4 is 0 Å². The van der Waals surface area contributed by atoms with E-state index in [-0.39, 0.29) is 45.2 Å². The lowest BCUT2D eigenvalue weighted by atomic mass is 9.85. The maximum atomic E-state index is 9.46. The second kappa shape index (κ2) is 10.4. The second-order valence-electron chi connectivity index (χ2n) is 10.4. The number of furan rings is 1. The van der Waals surface area contributed by atoms with Gasteiger partial charge in [-0.3, -0.25) is 0 Å². The van der Waals surface area contributed by atoms with Gasteiger partial charge in [0.2, 0.25) is 0 Å². The summed E-state index contributed by atoms with van der Waals surface area (Å²) in [7, 11) is 0. The van der Waals surface area contributed by atoms with Crippen LogP contribution in [0.15, 0.2) is 174 Å². The predicted molar refractivity (Wildman–Crippen MR) is 190 cm³/mol. The lowest BCUT2D eigenvalue weighted by Gasteiger charge is -2.18. The van der Waals surface area contributed by atoms with Gasteiger partial charge in [-0.05, 0) is 90.2 Å². The van der Waals surface area contributed by atoms with Gasteiger partial charge in [-0.2, -0.15) is 0 Å². The largest absolute Gasteiger partial charge is 0.456 e. The molecule has 1 heteroatoms. The van der Waals surface area contributed by atoms with E-state index in [1.54, 1.807) is 42.5 Å². The van der Waals surface area contributed by atoms with Gasteiger partial charge >= 0.3 is 0 Å². The fourth-order valence-electron chi connectivity index (χ4n) is 5.92. The van der Waals surface area contributed by atoms with Crippen molar-refractivity contribution >= 4 is 43.5 Å². The SMILES string of the molecule is [2H]c1c([2H])c([2H])c(-c2cccc(-c3c4ccccc4c(-c4c([2H])c([2H])c(-c5c([2H])c([2H])c6oc7c([2H])c([2H])c([2H])c([2H])c7c6c5[2H])c([2H])c4[2H])c4ccccc34)c2)c([2H])c1[2H]. The first-order chi connectivity index (χ1) is 29.0. The highest BCUT2D eigenvalue weighted by molar-refractivity contribution is 6.21. The van der Waals surface area contributed by atoms with Crippen LogP contribution in [0.3, 0.4) is 0 Å². The average Bonchev–Trinajstić information content (AvgIpc) is 3.67. The van der Waals surface area contributed by atoms with Crippen molar-refractivity contribution < 1.29 is 26.3 Å². The zero-order valence-electron chi connectivity index (χ0n) is 39.3. The van der Waals surface area contributed by atoms with Gasteiger partial charge < -0.3 is 4.42 Å². The Balaban J connectivity index is 1.32. The number of hydrogen-bond acceptors (Lipinski definition) is 1. The van der Waals surface area contributed by atoms with Gasteiger partial charge in [-0.25, -0.2) is 0 Å². The molecule has 0 spiro atoms. The quantitative estimate of drug-likeness (QED) is 0.186. The molecule has 1 heterocycles. The van der Waals surface area contributed by atoms with Gasteiger partial charge in [-0.1, -0.05) is 145 Å². The molecule has 0 amide bonds. The van der Waals surface area contributed by atoms with Crippen LogP contribution in [0.2, 0.25) is 0 Å². The average molecular weight is 589 g/mol. The van der Waals surface area contributed by atoms with Crippen LogP contribution >= 0.6 is 0 Å². The summed E-state index contributed by atoms with van der Waals surface area (Å²) in [5.41, 5.74) is 0.538. The van der Waals surface area contributed by atoms with Gasteiger partial charge in [-0.15, -0.1) is 0 Å². The van der Waals surface area contributed by atoms with E-state index in [2.05, 4.69) is 0 Å². The maximum Gasteiger partial charge on any atom is 0.135 e. The Morgan fingerprint density at radius 1 is 0.356 bits per heavy atom. The van der Waals surface area contributed by atoms with Crippen molar-refractivity contribution in [2.75, 3.05) is 0 Å². The highest BCUT2D eigenvalue weighted by Crippen LogP contribution is 2.44. The van der Waals surface area contributed by atoms with E-state index < -0.39 is 95.7 Å². The second-order valence-corrected chi connectivity index (χ2v) is 10.4. The Hall–Kier alpha value is -5.92. The lowest BCUT2D eigenvalue weighted by molar-refractivity contribution is 0.669. The minimum Gasteiger partial charge on any atom is -0.456 e. The molecule has 1 nitrogen and oxygen atoms in total. The first-order valence-corrected chi connectivity index (χ1v) is 14.1. The third-order valence-corrected chi connectivity index (χ3v) is 7.88. The molecule has 45 heavy (non-hydrogen) atoms. The van der Waals surface area contributed by atoms with Crippen molar-refractivity contribution in [3.05, 3.63) is 169 Å². The van der Waals surface area contributed by atoms with Crippen LogP contribution in [0, 0.1) is 0 Å². The minimum atomic E-state index is -0.647. The number of rotatable bonds is 4. The fraction of sp³-hybridized carbons (Fsp3) is 0. The van der Waals surface area contributed by atoms with Gasteiger partial charge in [0.05, 0.1) is 21.9 Å². The normalized spacial score (nSPS) is 16.5. The van der Waals surface area contributed by atoms with Crippen molar-refractivity contribution in [1.82, 2.24) is 0 Å². The van der Waals surface area contributed by atoms with Crippen molar-refractivity contribution in [2.24, 2.45) is 0 Å². The summed E-state index contributed by atoms with van der Waals surface area (Å²) in [6.07, 6.45) is 0. The number of benzene rings is 8. The number of hydrogen-bond donors (Lipinski definition) is 0. The van der Waals surface area contributed by atoms with Gasteiger partial charge in [0, 0.05) is 10.8 Å². The summed E-state index contributed by atoms with van der Waals surface area (Å²) in [6.45, 7) is 0. The van der Waals surface area contributed by atoms with E-state index in [1.165, 1.54) is 0 Å². The highest BCUT2D eigenvalue weighted by Gasteiger charge is 2.17. The first-order valence-electron chi connectivity index (χ1n) is 22.1. The van der Waals surface area contributed by atoms with E-state index in [0.29, 0.717) is 43.8 Å². The molecular formula is C44H28O. The molecular weight excluding hydrogens is 544 g/mol. The monoisotopic (exact) mass is 588 g/mol. The van der Waals surface area contributed by atoms with Crippen LogP contribution in [0.25, 0.3) is 88.0 Å². The molecule has 8 aromatic carbocycles. The molecule has 0 unspecified atom stereocenters. The summed E-state index contributed by atoms with van der Waals surface area (Å²) >= 11 is 0. The summed E-state index contributed by atoms with van der Waals surface area (Å²) < 4.78 is 145. The van der Waals surface area contributed by atoms with E-state index in [0.717, 1.165) is 0 Å². The van der Waals surface area contributed by atoms with Gasteiger partial charge in [0.1, 0.15) is 11.2 Å². The molecule has 9 aromatic rings. The van der Waals surface area contributed by atoms with E-state index in [9.17, 15) is 6.85 Å². The Kier molecular flexibility index (Phi) is 3.28. The van der Waals surface area contributed by atoms with E-state index in [1.807, 2.05) is 30.3 Å². The smallest absolute Gasteiger partial charge is 0.135 e. The maximum absolute atomic E-state index is 9.46. The van der Waals surface area contributed by atoms with Crippen molar-refractivity contribution in [3.63, 3.8) is 0 Å². The molecule has 0 saturated carbocycles. The van der Waals surface area contributed by atoms with Crippen molar-refractivity contribution in [3.8, 4) is 44.5 Å². The molecule has 9 rings (SSSR count). The summed E-state index contributed by atoms with van der Waals surface area (Å²) in [6, 6.07) is 13.0. The Labute approximate surface area is 284 Å². The molecule has 0 bridgehead atoms. The topological polar surface area (TPSA) is 13.1 Å². The Morgan fingerprint density at radius 3 is 1.60 bits per heavy atom. The van der Waals surface area contributed by atoms with Crippen molar-refractivity contribution in [2.45, 2.75) is 0 Å². The molecule has 0 N–H and O–H groups in total. The van der Waals surface area contributed by atoms with Crippen LogP contribution in [0.4, 0.5) is 0 Å². The zero-order chi connectivity index (χ0) is 43.7. The molecule has 0 aliphatic carbocycles. The Morgan fingerprint density at radius 2 is 0.889 bits per heavy atom. The third-order valence-electron chi connectivity index (χ3n) is 7.88. The van der Waals surface area contributed by atoms with Crippen LogP contribution in [0.1, 0.15) is 21.9 Å². The van der Waals surface area contributed by atoms with Crippen LogP contribution in [0.5, 0.6) is 0 Å². The summed E-state index contributed by atoms with van der Waals surface area (Å²) in [5.74, 6) is 0. The molecule has 0 fully saturated rings. The highest BCUT2D eigenvalue weighted by atomic mass is 16.3. The summed E-state index contributed by atoms with van der Waals surface area (Å²) in [5, 5.41) is 1.98. The molecule has 0 aliphatic heterocycles. The van der Waals surface area contributed by atoms with E-state index >= 15 is 0 Å². The molecule has 210 valence electrons.